The van der Waals surface area contributed by atoms with Crippen molar-refractivity contribution in [2.45, 2.75) is 77.0 Å². The van der Waals surface area contributed by atoms with Crippen LogP contribution in [-0.2, 0) is 22.4 Å². The molecule has 1 aliphatic heterocycles. The molecule has 0 N–H and O–H groups in total. The van der Waals surface area contributed by atoms with Gasteiger partial charge >= 0.3 is 5.97 Å². The Morgan fingerprint density at radius 1 is 0.667 bits per heavy atom. The number of ether oxygens (including phenoxy) is 1. The lowest BCUT2D eigenvalue weighted by atomic mass is 10.1. The van der Waals surface area contributed by atoms with Crippen molar-refractivity contribution in [2.24, 2.45) is 0 Å². The van der Waals surface area contributed by atoms with E-state index in [-0.39, 0.29) is 5.97 Å². The number of carbonyl (C=O) groups is 1. The zero-order chi connectivity index (χ0) is 14.8. The molecule has 21 heavy (non-hydrogen) atoms. The summed E-state index contributed by atoms with van der Waals surface area (Å²) in [4.78, 5) is 11.5. The van der Waals surface area contributed by atoms with Gasteiger partial charge < -0.3 is 9.15 Å². The second kappa shape index (κ2) is 9.64. The van der Waals surface area contributed by atoms with Gasteiger partial charge in [0.15, 0.2) is 0 Å². The predicted molar refractivity (Wildman–Crippen MR) is 83.2 cm³/mol. The van der Waals surface area contributed by atoms with Crippen LogP contribution >= 0.6 is 0 Å². The first-order valence-corrected chi connectivity index (χ1v) is 8.58. The van der Waals surface area contributed by atoms with Gasteiger partial charge in [0.2, 0.25) is 0 Å². The van der Waals surface area contributed by atoms with Crippen LogP contribution in [0.15, 0.2) is 16.5 Å². The molecule has 1 aromatic heterocycles. The average Bonchev–Trinajstić information content (AvgIpc) is 2.92. The summed E-state index contributed by atoms with van der Waals surface area (Å²) < 4.78 is 11.1. The average molecular weight is 292 g/mol. The van der Waals surface area contributed by atoms with Crippen molar-refractivity contribution in [3.63, 3.8) is 0 Å². The molecule has 3 nitrogen and oxygen atoms in total. The zero-order valence-corrected chi connectivity index (χ0v) is 13.1. The van der Waals surface area contributed by atoms with Gasteiger partial charge in [0.05, 0.1) is 6.61 Å². The van der Waals surface area contributed by atoms with Gasteiger partial charge in [-0.05, 0) is 37.8 Å². The van der Waals surface area contributed by atoms with Gasteiger partial charge in [-0.1, -0.05) is 32.1 Å². The highest BCUT2D eigenvalue weighted by Gasteiger charge is 2.05. The molecule has 3 heteroatoms. The molecular formula is C18H28O3. The maximum absolute atomic E-state index is 11.5. The number of fused-ring (bicyclic) bond motifs is 2. The Morgan fingerprint density at radius 3 is 1.90 bits per heavy atom. The van der Waals surface area contributed by atoms with E-state index in [0.717, 1.165) is 56.5 Å². The minimum absolute atomic E-state index is 0.0311. The summed E-state index contributed by atoms with van der Waals surface area (Å²) in [5.41, 5.74) is 0. The van der Waals surface area contributed by atoms with Gasteiger partial charge in [-0.25, -0.2) is 0 Å². The molecule has 0 atom stereocenters. The van der Waals surface area contributed by atoms with Gasteiger partial charge in [-0.2, -0.15) is 0 Å². The van der Waals surface area contributed by atoms with E-state index >= 15 is 0 Å². The van der Waals surface area contributed by atoms with Crippen LogP contribution < -0.4 is 0 Å². The Hall–Kier alpha value is -1.25. The monoisotopic (exact) mass is 292 g/mol. The van der Waals surface area contributed by atoms with E-state index in [9.17, 15) is 4.79 Å². The molecule has 2 heterocycles. The highest BCUT2D eigenvalue weighted by atomic mass is 16.5. The molecule has 0 spiro atoms. The fourth-order valence-electron chi connectivity index (χ4n) is 2.80. The number of rotatable bonds is 0. The quantitative estimate of drug-likeness (QED) is 0.643. The molecule has 0 fully saturated rings. The lowest BCUT2D eigenvalue weighted by molar-refractivity contribution is -0.143. The number of carbonyl (C=O) groups excluding carboxylic acids is 1. The molecule has 0 amide bonds. The number of cyclic esters (lactones) is 1. The summed E-state index contributed by atoms with van der Waals surface area (Å²) in [6, 6.07) is 4.23. The molecule has 0 saturated carbocycles. The summed E-state index contributed by atoms with van der Waals surface area (Å²) in [5.74, 6) is 2.19. The molecule has 0 aliphatic carbocycles. The number of aryl methyl sites for hydroxylation is 2. The van der Waals surface area contributed by atoms with Crippen LogP contribution in [0.1, 0.15) is 75.7 Å². The molecule has 2 bridgehead atoms. The lowest BCUT2D eigenvalue weighted by Gasteiger charge is -2.05. The third-order valence-electron chi connectivity index (χ3n) is 4.10. The molecular weight excluding hydrogens is 264 g/mol. The summed E-state index contributed by atoms with van der Waals surface area (Å²) in [6.45, 7) is 0.604. The molecule has 0 unspecified atom stereocenters. The molecule has 1 aromatic rings. The van der Waals surface area contributed by atoms with E-state index < -0.39 is 0 Å². The molecule has 0 radical (unpaired) electrons. The number of furan rings is 1. The lowest BCUT2D eigenvalue weighted by Crippen LogP contribution is -2.05. The highest BCUT2D eigenvalue weighted by Crippen LogP contribution is 2.16. The number of hydrogen-bond donors (Lipinski definition) is 0. The summed E-state index contributed by atoms with van der Waals surface area (Å²) >= 11 is 0. The molecule has 1 aliphatic rings. The van der Waals surface area contributed by atoms with Crippen molar-refractivity contribution >= 4 is 5.97 Å². The second-order valence-corrected chi connectivity index (χ2v) is 6.02. The van der Waals surface area contributed by atoms with Gasteiger partial charge in [0.25, 0.3) is 0 Å². The fraction of sp³-hybridized carbons (Fsp3) is 0.722. The van der Waals surface area contributed by atoms with E-state index in [1.165, 1.54) is 25.7 Å². The van der Waals surface area contributed by atoms with Crippen LogP contribution in [-0.4, -0.2) is 12.6 Å². The maximum Gasteiger partial charge on any atom is 0.305 e. The van der Waals surface area contributed by atoms with Gasteiger partial charge in [-0.15, -0.1) is 0 Å². The fourth-order valence-corrected chi connectivity index (χ4v) is 2.80. The second-order valence-electron chi connectivity index (χ2n) is 6.02. The normalized spacial score (nSPS) is 20.3. The van der Waals surface area contributed by atoms with Crippen LogP contribution in [0.4, 0.5) is 0 Å². The third-order valence-corrected chi connectivity index (χ3v) is 4.10. The van der Waals surface area contributed by atoms with Crippen molar-refractivity contribution in [2.75, 3.05) is 6.61 Å². The first kappa shape index (κ1) is 16.1. The van der Waals surface area contributed by atoms with E-state index in [0.29, 0.717) is 13.0 Å². The predicted octanol–water partition coefficient (Wildman–Crippen LogP) is 4.82. The van der Waals surface area contributed by atoms with Crippen molar-refractivity contribution in [3.8, 4) is 0 Å². The van der Waals surface area contributed by atoms with Crippen LogP contribution in [0, 0.1) is 0 Å². The Kier molecular flexibility index (Phi) is 7.41. The van der Waals surface area contributed by atoms with Crippen LogP contribution in [0.5, 0.6) is 0 Å². The van der Waals surface area contributed by atoms with Crippen LogP contribution in [0.2, 0.25) is 0 Å². The van der Waals surface area contributed by atoms with E-state index in [4.69, 9.17) is 9.15 Å². The van der Waals surface area contributed by atoms with E-state index in [1.807, 2.05) is 0 Å². The number of esters is 1. The first-order chi connectivity index (χ1) is 10.3. The van der Waals surface area contributed by atoms with Gasteiger partial charge in [0, 0.05) is 19.3 Å². The minimum atomic E-state index is -0.0311. The smallest absolute Gasteiger partial charge is 0.305 e. The molecule has 0 saturated heterocycles. The Labute approximate surface area is 128 Å². The SMILES string of the molecule is O=C1CCCCCc2ccc(o2)CCCCCCCCO1. The van der Waals surface area contributed by atoms with Crippen molar-refractivity contribution in [3.05, 3.63) is 23.7 Å². The zero-order valence-electron chi connectivity index (χ0n) is 13.1. The first-order valence-electron chi connectivity index (χ1n) is 8.58. The third kappa shape index (κ3) is 6.83. The largest absolute Gasteiger partial charge is 0.466 e. The standard InChI is InChI=1S/C18H28O3/c19-18-12-8-5-7-11-17-14-13-16(21-17)10-6-3-1-2-4-9-15-20-18/h13-14H,1-12,15H2. The molecule has 0 aromatic carbocycles. The van der Waals surface area contributed by atoms with Crippen molar-refractivity contribution in [1.82, 2.24) is 0 Å². The maximum atomic E-state index is 11.5. The molecule has 2 rings (SSSR count). The Bertz CT molecular complexity index is 408. The summed E-state index contributed by atoms with van der Waals surface area (Å²) in [7, 11) is 0. The number of hydrogen-bond acceptors (Lipinski definition) is 3. The van der Waals surface area contributed by atoms with Crippen LogP contribution in [0.3, 0.4) is 0 Å². The summed E-state index contributed by atoms with van der Waals surface area (Å²) in [6.07, 6.45) is 12.8. The highest BCUT2D eigenvalue weighted by molar-refractivity contribution is 5.69. The minimum Gasteiger partial charge on any atom is -0.466 e. The Balaban J connectivity index is 1.77. The van der Waals surface area contributed by atoms with Crippen molar-refractivity contribution in [1.29, 1.82) is 0 Å². The molecule has 118 valence electrons. The van der Waals surface area contributed by atoms with E-state index in [2.05, 4.69) is 12.1 Å². The topological polar surface area (TPSA) is 39.4 Å². The van der Waals surface area contributed by atoms with Crippen molar-refractivity contribution < 1.29 is 13.9 Å². The van der Waals surface area contributed by atoms with Crippen LogP contribution in [0.25, 0.3) is 0 Å². The summed E-state index contributed by atoms with van der Waals surface area (Å²) in [5, 5.41) is 0. The Morgan fingerprint density at radius 2 is 1.19 bits per heavy atom. The van der Waals surface area contributed by atoms with Gasteiger partial charge in [-0.3, -0.25) is 4.79 Å². The van der Waals surface area contributed by atoms with Gasteiger partial charge in [0.1, 0.15) is 11.5 Å². The van der Waals surface area contributed by atoms with E-state index in [1.54, 1.807) is 0 Å².